The van der Waals surface area contributed by atoms with Crippen LogP contribution in [0.2, 0.25) is 0 Å². The molecule has 1 heterocycles. The number of amides is 1. The van der Waals surface area contributed by atoms with Gasteiger partial charge in [0.1, 0.15) is 0 Å². The van der Waals surface area contributed by atoms with E-state index in [1.807, 2.05) is 38.1 Å². The number of sulfonamides is 1. The number of carbonyl (C=O) groups is 1. The lowest BCUT2D eigenvalue weighted by molar-refractivity contribution is -0.130. The predicted molar refractivity (Wildman–Crippen MR) is 122 cm³/mol. The van der Waals surface area contributed by atoms with Crippen LogP contribution >= 0.6 is 0 Å². The Morgan fingerprint density at radius 2 is 1.42 bits per heavy atom. The molecule has 0 saturated heterocycles. The molecule has 6 nitrogen and oxygen atoms in total. The lowest BCUT2D eigenvalue weighted by Gasteiger charge is -2.26. The zero-order chi connectivity index (χ0) is 22.4. The van der Waals surface area contributed by atoms with Crippen molar-refractivity contribution >= 4 is 21.6 Å². The second-order valence-corrected chi connectivity index (χ2v) is 9.44. The first-order valence-corrected chi connectivity index (χ1v) is 11.5. The Hall–Kier alpha value is -3.19. The number of carbonyl (C=O) groups excluding carboxylic acids is 1. The Morgan fingerprint density at radius 3 is 2.00 bits per heavy atom. The van der Waals surface area contributed by atoms with Gasteiger partial charge in [0.15, 0.2) is 0 Å². The van der Waals surface area contributed by atoms with E-state index in [0.717, 1.165) is 16.7 Å². The van der Waals surface area contributed by atoms with Gasteiger partial charge in [0.05, 0.1) is 10.6 Å². The molecule has 1 amide bonds. The highest BCUT2D eigenvalue weighted by atomic mass is 32.2. The summed E-state index contributed by atoms with van der Waals surface area (Å²) in [4.78, 5) is 18.5. The number of pyridine rings is 1. The third-order valence-electron chi connectivity index (χ3n) is 5.05. The number of hydrogen-bond donors (Lipinski definition) is 0. The fourth-order valence-electron chi connectivity index (χ4n) is 3.17. The van der Waals surface area contributed by atoms with E-state index >= 15 is 0 Å². The first kappa shape index (κ1) is 22.5. The van der Waals surface area contributed by atoms with Crippen molar-refractivity contribution in [2.45, 2.75) is 31.7 Å². The molecule has 0 atom stereocenters. The molecule has 0 spiro atoms. The van der Waals surface area contributed by atoms with Crippen molar-refractivity contribution in [2.24, 2.45) is 0 Å². The molecule has 162 valence electrons. The first-order valence-electron chi connectivity index (χ1n) is 10.1. The van der Waals surface area contributed by atoms with Gasteiger partial charge < -0.3 is 4.90 Å². The Balaban J connectivity index is 1.81. The summed E-state index contributed by atoms with van der Waals surface area (Å²) in [7, 11) is -2.09. The smallest absolute Gasteiger partial charge is 0.264 e. The summed E-state index contributed by atoms with van der Waals surface area (Å²) in [6.45, 7) is 4.35. The largest absolute Gasteiger partial charge is 0.341 e. The maximum atomic E-state index is 13.4. The number of hydrogen-bond acceptors (Lipinski definition) is 4. The van der Waals surface area contributed by atoms with Gasteiger partial charge in [0.2, 0.25) is 5.91 Å². The minimum absolute atomic E-state index is 0.0544. The van der Waals surface area contributed by atoms with Crippen molar-refractivity contribution < 1.29 is 13.2 Å². The van der Waals surface area contributed by atoms with Crippen LogP contribution in [0.1, 0.15) is 23.1 Å². The molecule has 0 aliphatic carbocycles. The lowest BCUT2D eigenvalue weighted by atomic mass is 10.2. The van der Waals surface area contributed by atoms with Crippen molar-refractivity contribution in [3.8, 4) is 0 Å². The van der Waals surface area contributed by atoms with Gasteiger partial charge in [0, 0.05) is 39.0 Å². The Morgan fingerprint density at radius 1 is 0.871 bits per heavy atom. The lowest BCUT2D eigenvalue weighted by Crippen LogP contribution is -2.36. The molecule has 0 fully saturated rings. The van der Waals surface area contributed by atoms with E-state index in [-0.39, 0.29) is 23.8 Å². The van der Waals surface area contributed by atoms with Crippen LogP contribution in [0, 0.1) is 13.8 Å². The van der Waals surface area contributed by atoms with E-state index in [1.165, 1.54) is 4.31 Å². The minimum atomic E-state index is -3.81. The van der Waals surface area contributed by atoms with Crippen LogP contribution in [0.3, 0.4) is 0 Å². The Kier molecular flexibility index (Phi) is 7.07. The highest BCUT2D eigenvalue weighted by Crippen LogP contribution is 2.25. The molecule has 0 radical (unpaired) electrons. The zero-order valence-corrected chi connectivity index (χ0v) is 18.8. The Labute approximate surface area is 184 Å². The van der Waals surface area contributed by atoms with Gasteiger partial charge in [-0.25, -0.2) is 8.42 Å². The molecule has 3 rings (SSSR count). The number of aryl methyl sites for hydroxylation is 2. The van der Waals surface area contributed by atoms with Gasteiger partial charge in [-0.05, 0) is 55.8 Å². The molecular formula is C24H27N3O3S. The van der Waals surface area contributed by atoms with Crippen LogP contribution in [-0.2, 0) is 21.4 Å². The van der Waals surface area contributed by atoms with Crippen molar-refractivity contribution in [3.05, 3.63) is 89.7 Å². The van der Waals surface area contributed by atoms with Crippen molar-refractivity contribution in [3.63, 3.8) is 0 Å². The number of benzene rings is 2. The van der Waals surface area contributed by atoms with E-state index in [2.05, 4.69) is 4.98 Å². The third kappa shape index (κ3) is 5.70. The number of anilines is 1. The molecule has 7 heteroatoms. The highest BCUT2D eigenvalue weighted by Gasteiger charge is 2.26. The molecule has 0 unspecified atom stereocenters. The van der Waals surface area contributed by atoms with E-state index in [4.69, 9.17) is 0 Å². The fourth-order valence-corrected chi connectivity index (χ4v) is 4.64. The van der Waals surface area contributed by atoms with Crippen LogP contribution in [-0.4, -0.2) is 37.8 Å². The van der Waals surface area contributed by atoms with Crippen LogP contribution < -0.4 is 4.31 Å². The topological polar surface area (TPSA) is 70.6 Å². The molecule has 0 bridgehead atoms. The molecule has 1 aromatic heterocycles. The normalized spacial score (nSPS) is 11.2. The van der Waals surface area contributed by atoms with Crippen molar-refractivity contribution in [2.75, 3.05) is 17.9 Å². The fraction of sp³-hybridized carbons (Fsp3) is 0.250. The van der Waals surface area contributed by atoms with Crippen molar-refractivity contribution in [1.82, 2.24) is 9.88 Å². The summed E-state index contributed by atoms with van der Waals surface area (Å²) in [6, 6.07) is 17.7. The number of rotatable bonds is 8. The zero-order valence-electron chi connectivity index (χ0n) is 18.0. The SMILES string of the molecule is Cc1ccc(N(CCC(=O)N(C)Cc2ccncc2)S(=O)(=O)c2ccc(C)cc2)cc1. The summed E-state index contributed by atoms with van der Waals surface area (Å²) < 4.78 is 28.1. The summed E-state index contributed by atoms with van der Waals surface area (Å²) in [5, 5.41) is 0. The van der Waals surface area contributed by atoms with Gasteiger partial charge >= 0.3 is 0 Å². The molecular weight excluding hydrogens is 410 g/mol. The number of nitrogens with zero attached hydrogens (tertiary/aromatic N) is 3. The molecule has 2 aromatic carbocycles. The van der Waals surface area contributed by atoms with E-state index < -0.39 is 10.0 Å². The standard InChI is InChI=1S/C24H27N3O3S/c1-19-4-8-22(9-5-19)27(31(29,30)23-10-6-20(2)7-11-23)17-14-24(28)26(3)18-21-12-15-25-16-13-21/h4-13,15-16H,14,17-18H2,1-3H3. The predicted octanol–water partition coefficient (Wildman–Crippen LogP) is 3.94. The monoisotopic (exact) mass is 437 g/mol. The summed E-state index contributed by atoms with van der Waals surface area (Å²) >= 11 is 0. The van der Waals surface area contributed by atoms with Crippen LogP contribution in [0.4, 0.5) is 5.69 Å². The van der Waals surface area contributed by atoms with E-state index in [1.54, 1.807) is 60.7 Å². The number of aromatic nitrogens is 1. The quantitative estimate of drug-likeness (QED) is 0.535. The molecule has 31 heavy (non-hydrogen) atoms. The third-order valence-corrected chi connectivity index (χ3v) is 6.90. The minimum Gasteiger partial charge on any atom is -0.341 e. The van der Waals surface area contributed by atoms with Gasteiger partial charge in [-0.2, -0.15) is 0 Å². The van der Waals surface area contributed by atoms with E-state index in [9.17, 15) is 13.2 Å². The maximum absolute atomic E-state index is 13.4. The molecule has 0 aliphatic rings. The molecule has 0 N–H and O–H groups in total. The Bertz CT molecular complexity index is 1110. The van der Waals surface area contributed by atoms with Crippen LogP contribution in [0.15, 0.2) is 78.0 Å². The average molecular weight is 438 g/mol. The molecule has 3 aromatic rings. The summed E-state index contributed by atoms with van der Waals surface area (Å²) in [5.41, 5.74) is 3.52. The van der Waals surface area contributed by atoms with Gasteiger partial charge in [-0.3, -0.25) is 14.1 Å². The van der Waals surface area contributed by atoms with Crippen LogP contribution in [0.25, 0.3) is 0 Å². The second-order valence-electron chi connectivity index (χ2n) is 7.58. The van der Waals surface area contributed by atoms with Crippen molar-refractivity contribution in [1.29, 1.82) is 0 Å². The highest BCUT2D eigenvalue weighted by molar-refractivity contribution is 7.92. The summed E-state index contributed by atoms with van der Waals surface area (Å²) in [6.07, 6.45) is 3.43. The molecule has 0 aliphatic heterocycles. The van der Waals surface area contributed by atoms with E-state index in [0.29, 0.717) is 12.2 Å². The van der Waals surface area contributed by atoms with Crippen LogP contribution in [0.5, 0.6) is 0 Å². The van der Waals surface area contributed by atoms with Gasteiger partial charge in [0.25, 0.3) is 10.0 Å². The summed E-state index contributed by atoms with van der Waals surface area (Å²) in [5.74, 6) is -0.131. The first-order chi connectivity index (χ1) is 14.8. The van der Waals surface area contributed by atoms with Gasteiger partial charge in [-0.1, -0.05) is 35.4 Å². The maximum Gasteiger partial charge on any atom is 0.264 e. The molecule has 0 saturated carbocycles. The second kappa shape index (κ2) is 9.75. The van der Waals surface area contributed by atoms with Gasteiger partial charge in [-0.15, -0.1) is 0 Å². The average Bonchev–Trinajstić information content (AvgIpc) is 2.76.